The van der Waals surface area contributed by atoms with Gasteiger partial charge in [0, 0.05) is 11.5 Å². The van der Waals surface area contributed by atoms with Crippen LogP contribution in [0.15, 0.2) is 54.6 Å². The first-order chi connectivity index (χ1) is 12.7. The third kappa shape index (κ3) is 4.78. The van der Waals surface area contributed by atoms with Crippen LogP contribution in [0.1, 0.15) is 18.9 Å². The minimum absolute atomic E-state index is 0.281. The molecule has 0 radical (unpaired) electrons. The summed E-state index contributed by atoms with van der Waals surface area (Å²) in [5, 5.41) is 0. The summed E-state index contributed by atoms with van der Waals surface area (Å²) >= 11 is 0. The lowest BCUT2D eigenvalue weighted by atomic mass is 10.0. The molecule has 2 aromatic rings. The molecule has 0 N–H and O–H groups in total. The monoisotopic (exact) mass is 354 g/mol. The first-order valence-corrected chi connectivity index (χ1v) is 8.62. The quantitative estimate of drug-likeness (QED) is 0.574. The predicted octanol–water partition coefficient (Wildman–Crippen LogP) is 4.94. The van der Waals surface area contributed by atoms with Crippen LogP contribution in [-0.2, 0) is 9.47 Å². The minimum atomic E-state index is -0.856. The molecular weight excluding hydrogens is 334 g/mol. The molecule has 1 saturated heterocycles. The third-order valence-corrected chi connectivity index (χ3v) is 4.04. The van der Waals surface area contributed by atoms with Crippen molar-refractivity contribution >= 4 is 0 Å². The second-order valence-corrected chi connectivity index (χ2v) is 6.07. The Morgan fingerprint density at radius 3 is 2.35 bits per heavy atom. The van der Waals surface area contributed by atoms with Crippen LogP contribution in [0.5, 0.6) is 0 Å². The molecule has 134 valence electrons. The standard InChI is InChI=1S/C22H20F2O2/c1-2-3-4-17-14-25-22(26-15-17)12-7-16-5-8-18(9-6-16)19-10-11-20(23)21(24)13-19/h3-6,8-11,13,17,22H,2,14-15H2,1H3/b4-3+. The number of benzene rings is 2. The Kier molecular flexibility index (Phi) is 6.17. The number of ether oxygens (including phenoxy) is 2. The van der Waals surface area contributed by atoms with Gasteiger partial charge >= 0.3 is 0 Å². The molecule has 0 spiro atoms. The summed E-state index contributed by atoms with van der Waals surface area (Å²) < 4.78 is 37.6. The summed E-state index contributed by atoms with van der Waals surface area (Å²) in [7, 11) is 0. The Bertz CT molecular complexity index is 823. The molecule has 0 atom stereocenters. The number of allylic oxidation sites excluding steroid dienone is 1. The van der Waals surface area contributed by atoms with Crippen LogP contribution in [-0.4, -0.2) is 19.5 Å². The molecule has 0 saturated carbocycles. The Labute approximate surface area is 152 Å². The fraction of sp³-hybridized carbons (Fsp3) is 0.273. The van der Waals surface area contributed by atoms with E-state index < -0.39 is 17.9 Å². The van der Waals surface area contributed by atoms with Gasteiger partial charge < -0.3 is 9.47 Å². The highest BCUT2D eigenvalue weighted by molar-refractivity contribution is 5.64. The van der Waals surface area contributed by atoms with Crippen molar-refractivity contribution in [2.24, 2.45) is 5.92 Å². The summed E-state index contributed by atoms with van der Waals surface area (Å²) in [6, 6.07) is 11.2. The molecule has 4 heteroatoms. The highest BCUT2D eigenvalue weighted by Crippen LogP contribution is 2.22. The summed E-state index contributed by atoms with van der Waals surface area (Å²) in [6.07, 6.45) is 4.70. The fourth-order valence-corrected chi connectivity index (χ4v) is 2.61. The maximum atomic E-state index is 13.3. The van der Waals surface area contributed by atoms with Crippen LogP contribution in [0.25, 0.3) is 11.1 Å². The van der Waals surface area contributed by atoms with Gasteiger partial charge in [0.15, 0.2) is 11.6 Å². The summed E-state index contributed by atoms with van der Waals surface area (Å²) in [6.45, 7) is 3.29. The highest BCUT2D eigenvalue weighted by Gasteiger charge is 2.18. The molecule has 26 heavy (non-hydrogen) atoms. The van der Waals surface area contributed by atoms with E-state index in [2.05, 4.69) is 30.9 Å². The Morgan fingerprint density at radius 2 is 1.69 bits per heavy atom. The van der Waals surface area contributed by atoms with Crippen molar-refractivity contribution in [3.8, 4) is 23.0 Å². The smallest absolute Gasteiger partial charge is 0.222 e. The molecule has 3 rings (SSSR count). The second kappa shape index (κ2) is 8.75. The average molecular weight is 354 g/mol. The largest absolute Gasteiger partial charge is 0.341 e. The van der Waals surface area contributed by atoms with Crippen molar-refractivity contribution in [1.29, 1.82) is 0 Å². The van der Waals surface area contributed by atoms with Gasteiger partial charge in [0.2, 0.25) is 6.29 Å². The molecule has 2 nitrogen and oxygen atoms in total. The van der Waals surface area contributed by atoms with E-state index in [0.717, 1.165) is 23.6 Å². The van der Waals surface area contributed by atoms with Crippen molar-refractivity contribution < 1.29 is 18.3 Å². The van der Waals surface area contributed by atoms with Gasteiger partial charge in [0.05, 0.1) is 13.2 Å². The van der Waals surface area contributed by atoms with E-state index in [-0.39, 0.29) is 5.92 Å². The van der Waals surface area contributed by atoms with Gasteiger partial charge in [-0.25, -0.2) is 8.78 Å². The van der Waals surface area contributed by atoms with Crippen LogP contribution in [0, 0.1) is 29.4 Å². The van der Waals surface area contributed by atoms with E-state index in [1.807, 2.05) is 24.3 Å². The number of halogens is 2. The maximum Gasteiger partial charge on any atom is 0.222 e. The van der Waals surface area contributed by atoms with Crippen molar-refractivity contribution in [1.82, 2.24) is 0 Å². The summed E-state index contributed by atoms with van der Waals surface area (Å²) in [4.78, 5) is 0. The normalized spacial score (nSPS) is 20.0. The number of hydrogen-bond acceptors (Lipinski definition) is 2. The zero-order valence-corrected chi connectivity index (χ0v) is 14.5. The lowest BCUT2D eigenvalue weighted by molar-refractivity contribution is -0.160. The van der Waals surface area contributed by atoms with E-state index >= 15 is 0 Å². The van der Waals surface area contributed by atoms with Gasteiger partial charge in [-0.05, 0) is 47.7 Å². The van der Waals surface area contributed by atoms with Crippen LogP contribution in [0.2, 0.25) is 0 Å². The Balaban J connectivity index is 1.61. The summed E-state index contributed by atoms with van der Waals surface area (Å²) in [5.74, 6) is 4.56. The van der Waals surface area contributed by atoms with Crippen molar-refractivity contribution in [3.05, 3.63) is 71.8 Å². The van der Waals surface area contributed by atoms with E-state index in [0.29, 0.717) is 18.8 Å². The molecule has 0 aliphatic carbocycles. The van der Waals surface area contributed by atoms with Crippen LogP contribution in [0.3, 0.4) is 0 Å². The molecule has 1 aliphatic rings. The van der Waals surface area contributed by atoms with Gasteiger partial charge in [-0.15, -0.1) is 0 Å². The lowest BCUT2D eigenvalue weighted by Gasteiger charge is -2.24. The fourth-order valence-electron chi connectivity index (χ4n) is 2.61. The average Bonchev–Trinajstić information content (AvgIpc) is 2.68. The van der Waals surface area contributed by atoms with Crippen molar-refractivity contribution in [2.45, 2.75) is 19.6 Å². The topological polar surface area (TPSA) is 18.5 Å². The van der Waals surface area contributed by atoms with Crippen LogP contribution < -0.4 is 0 Å². The molecule has 0 aromatic heterocycles. The van der Waals surface area contributed by atoms with E-state index in [9.17, 15) is 8.78 Å². The van der Waals surface area contributed by atoms with Crippen molar-refractivity contribution in [3.63, 3.8) is 0 Å². The van der Waals surface area contributed by atoms with Gasteiger partial charge in [-0.1, -0.05) is 43.2 Å². The summed E-state index contributed by atoms with van der Waals surface area (Å²) in [5.41, 5.74) is 2.22. The molecular formula is C22H20F2O2. The molecule has 0 amide bonds. The zero-order valence-electron chi connectivity index (χ0n) is 14.5. The highest BCUT2D eigenvalue weighted by atomic mass is 19.2. The zero-order chi connectivity index (χ0) is 18.4. The van der Waals surface area contributed by atoms with Gasteiger partial charge in [0.25, 0.3) is 0 Å². The number of rotatable bonds is 3. The molecule has 0 bridgehead atoms. The van der Waals surface area contributed by atoms with Crippen LogP contribution in [0.4, 0.5) is 8.78 Å². The van der Waals surface area contributed by atoms with E-state index in [4.69, 9.17) is 9.47 Å². The van der Waals surface area contributed by atoms with Crippen molar-refractivity contribution in [2.75, 3.05) is 13.2 Å². The molecule has 2 aromatic carbocycles. The van der Waals surface area contributed by atoms with Gasteiger partial charge in [-0.2, -0.15) is 0 Å². The molecule has 1 aliphatic heterocycles. The Hall–Kier alpha value is -2.48. The molecule has 0 unspecified atom stereocenters. The predicted molar refractivity (Wildman–Crippen MR) is 97.3 cm³/mol. The lowest BCUT2D eigenvalue weighted by Crippen LogP contribution is -2.30. The van der Waals surface area contributed by atoms with Gasteiger partial charge in [-0.3, -0.25) is 0 Å². The first kappa shape index (κ1) is 18.3. The minimum Gasteiger partial charge on any atom is -0.341 e. The third-order valence-electron chi connectivity index (χ3n) is 4.04. The molecule has 1 fully saturated rings. The molecule has 1 heterocycles. The van der Waals surface area contributed by atoms with E-state index in [1.54, 1.807) is 6.07 Å². The Morgan fingerprint density at radius 1 is 1.00 bits per heavy atom. The second-order valence-electron chi connectivity index (χ2n) is 6.07. The van der Waals surface area contributed by atoms with Crippen LogP contribution >= 0.6 is 0 Å². The van der Waals surface area contributed by atoms with Gasteiger partial charge in [0.1, 0.15) is 0 Å². The first-order valence-electron chi connectivity index (χ1n) is 8.62. The van der Waals surface area contributed by atoms with E-state index in [1.165, 1.54) is 6.07 Å². The SMILES string of the molecule is CC/C=C/C1COC(C#Cc2ccc(-c3ccc(F)c(F)c3)cc2)OC1. The maximum absolute atomic E-state index is 13.3. The number of hydrogen-bond donors (Lipinski definition) is 0.